The summed E-state index contributed by atoms with van der Waals surface area (Å²) in [4.78, 5) is 21.5. The average molecular weight is 794 g/mol. The van der Waals surface area contributed by atoms with Crippen molar-refractivity contribution in [2.75, 3.05) is 6.54 Å². The quantitative estimate of drug-likeness (QED) is 0.0828. The van der Waals surface area contributed by atoms with Crippen LogP contribution in [0.15, 0.2) is 0 Å². The number of alkyl halides is 22. The number of carboxylic acid groups (broad SMARTS) is 2. The maximum atomic E-state index is 15.0. The van der Waals surface area contributed by atoms with Crippen molar-refractivity contribution in [3.8, 4) is 0 Å². The summed E-state index contributed by atoms with van der Waals surface area (Å²) in [5.41, 5.74) is 0. The van der Waals surface area contributed by atoms with Gasteiger partial charge in [-0.25, -0.2) is 22.4 Å². The number of rotatable bonds is 16. The molecule has 0 aliphatic rings. The van der Waals surface area contributed by atoms with Gasteiger partial charge in [0.25, 0.3) is 0 Å². The van der Waals surface area contributed by atoms with Crippen molar-refractivity contribution in [2.24, 2.45) is 0 Å². The molecule has 0 heterocycles. The van der Waals surface area contributed by atoms with E-state index in [9.17, 15) is 115 Å². The van der Waals surface area contributed by atoms with Crippen LogP contribution in [0.1, 0.15) is 13.3 Å². The molecule has 8 nitrogen and oxygen atoms in total. The molecule has 0 aromatic carbocycles. The smallest absolute Gasteiger partial charge is 0.460 e. The molecule has 0 aromatic rings. The minimum atomic E-state index is -9.47. The molecule has 0 aromatic heterocycles. The van der Waals surface area contributed by atoms with E-state index < -0.39 is 109 Å². The van der Waals surface area contributed by atoms with Gasteiger partial charge in [0.1, 0.15) is 0 Å². The third-order valence-corrected chi connectivity index (χ3v) is 7.06. The summed E-state index contributed by atoms with van der Waals surface area (Å²) < 4.78 is 333. The Balaban J connectivity index is 7.71. The molecule has 48 heavy (non-hydrogen) atoms. The Bertz CT molecular complexity index is 1350. The number of carbonyl (C=O) groups is 2. The van der Waals surface area contributed by atoms with Crippen LogP contribution in [0.3, 0.4) is 0 Å². The lowest BCUT2D eigenvalue weighted by Crippen LogP contribution is -2.76. The number of hydrogen-bond acceptors (Lipinski definition) is 5. The third-order valence-electron chi connectivity index (χ3n) is 5.56. The fraction of sp³-hybridized carbons (Fsp3) is 0.875. The highest BCUT2D eigenvalue weighted by molar-refractivity contribution is 7.90. The van der Waals surface area contributed by atoms with Crippen molar-refractivity contribution in [3.63, 3.8) is 0 Å². The van der Waals surface area contributed by atoms with Gasteiger partial charge in [-0.15, -0.1) is 9.49 Å². The Kier molecular flexibility index (Phi) is 11.2. The SMILES string of the molecule is CCCN(N(F)S(=O)(=O)C(F)(F)C(F)(F)C(F)(F)C(F)(F)C(F)(F)C(F)(F)C(F)(F)C(F)(F)F)[C@](F)(C(=O)O)C(F)(F)C(F)(F)C(=O)O. The molecular weight excluding hydrogens is 785 g/mol. The first kappa shape index (κ1) is 45.2. The lowest BCUT2D eigenvalue weighted by atomic mass is 9.91. The highest BCUT2D eigenvalue weighted by Gasteiger charge is 2.96. The van der Waals surface area contributed by atoms with Crippen LogP contribution in [-0.4, -0.2) is 111 Å². The van der Waals surface area contributed by atoms with Crippen molar-refractivity contribution >= 4 is 22.0 Å². The molecule has 0 radical (unpaired) electrons. The molecule has 0 rings (SSSR count). The predicted molar refractivity (Wildman–Crippen MR) is 98.6 cm³/mol. The first-order valence-electron chi connectivity index (χ1n) is 10.6. The van der Waals surface area contributed by atoms with Crippen molar-refractivity contribution in [1.29, 1.82) is 0 Å². The van der Waals surface area contributed by atoms with E-state index in [-0.39, 0.29) is 6.92 Å². The Hall–Kier alpha value is -2.80. The van der Waals surface area contributed by atoms with E-state index in [0.717, 1.165) is 0 Å². The second-order valence-electron chi connectivity index (χ2n) is 8.67. The molecule has 0 unspecified atom stereocenters. The number of hydrazine groups is 1. The summed E-state index contributed by atoms with van der Waals surface area (Å²) in [6.45, 7) is -2.56. The third kappa shape index (κ3) is 5.51. The van der Waals surface area contributed by atoms with E-state index >= 15 is 4.39 Å². The topological polar surface area (TPSA) is 115 Å². The van der Waals surface area contributed by atoms with E-state index in [0.29, 0.717) is 0 Å². The summed E-state index contributed by atoms with van der Waals surface area (Å²) in [6.07, 6.45) is -9.84. The first-order valence-corrected chi connectivity index (χ1v) is 12.0. The second-order valence-corrected chi connectivity index (χ2v) is 10.4. The molecule has 32 heteroatoms. The van der Waals surface area contributed by atoms with Crippen LogP contribution < -0.4 is 0 Å². The minimum absolute atomic E-state index is 0.240. The Morgan fingerprint density at radius 2 is 0.854 bits per heavy atom. The highest BCUT2D eigenvalue weighted by Crippen LogP contribution is 2.64. The number of halogens is 23. The van der Waals surface area contributed by atoms with E-state index in [1.807, 2.05) is 0 Å². The van der Waals surface area contributed by atoms with Crippen LogP contribution in [-0.2, 0) is 19.6 Å². The lowest BCUT2D eigenvalue weighted by Gasteiger charge is -2.44. The van der Waals surface area contributed by atoms with E-state index in [4.69, 9.17) is 10.2 Å². The highest BCUT2D eigenvalue weighted by atomic mass is 32.2. The predicted octanol–water partition coefficient (Wildman–Crippen LogP) is 6.20. The second kappa shape index (κ2) is 11.9. The number of carboxylic acids is 2. The standard InChI is InChI=1S/C16H9F23N2O6S/c1-2-3-40(7(19,5(44)45)8(20,21)6(17,18)4(42)43)41(39)48(46,47)16(37,38)14(32,33)12(28,29)10(24,25)9(22,23)11(26,27)13(30,31)15(34,35)36/h2-3H2,1H3,(H,42,43)(H,44,45)/t7-/m1/s1. The zero-order chi connectivity index (χ0) is 39.7. The first-order chi connectivity index (χ1) is 20.5. The number of sulfonamides is 1. The molecule has 0 saturated heterocycles. The van der Waals surface area contributed by atoms with Crippen molar-refractivity contribution < 1.29 is 129 Å². The van der Waals surface area contributed by atoms with Gasteiger partial charge < -0.3 is 10.2 Å². The van der Waals surface area contributed by atoms with Gasteiger partial charge in [0.2, 0.25) is 0 Å². The molecule has 0 bridgehead atoms. The molecule has 0 aliphatic carbocycles. The molecule has 0 saturated carbocycles. The number of aliphatic carboxylic acids is 2. The Morgan fingerprint density at radius 3 is 1.12 bits per heavy atom. The van der Waals surface area contributed by atoms with Gasteiger partial charge in [-0.2, -0.15) is 92.2 Å². The van der Waals surface area contributed by atoms with Crippen LogP contribution >= 0.6 is 0 Å². The monoisotopic (exact) mass is 794 g/mol. The summed E-state index contributed by atoms with van der Waals surface area (Å²) in [6, 6.07) is 0. The van der Waals surface area contributed by atoms with Crippen molar-refractivity contribution in [1.82, 2.24) is 9.65 Å². The molecule has 286 valence electrons. The van der Waals surface area contributed by atoms with Crippen LogP contribution in [0.4, 0.5) is 101 Å². The number of hydrogen-bond donors (Lipinski definition) is 2. The van der Waals surface area contributed by atoms with E-state index in [1.165, 1.54) is 0 Å². The van der Waals surface area contributed by atoms with Gasteiger partial charge in [0.05, 0.1) is 0 Å². The fourth-order valence-electron chi connectivity index (χ4n) is 2.84. The van der Waals surface area contributed by atoms with Crippen molar-refractivity contribution in [3.05, 3.63) is 0 Å². The van der Waals surface area contributed by atoms with Gasteiger partial charge in [-0.3, -0.25) is 0 Å². The molecule has 0 fully saturated rings. The molecule has 0 spiro atoms. The van der Waals surface area contributed by atoms with Gasteiger partial charge in [-0.05, 0) is 6.42 Å². The number of nitrogens with zero attached hydrogens (tertiary/aromatic N) is 2. The van der Waals surface area contributed by atoms with Gasteiger partial charge in [-0.1, -0.05) is 6.92 Å². The lowest BCUT2D eigenvalue weighted by molar-refractivity contribution is -0.458. The summed E-state index contributed by atoms with van der Waals surface area (Å²) in [5.74, 6) is -86.3. The van der Waals surface area contributed by atoms with Crippen LogP contribution in [0.25, 0.3) is 0 Å². The fourth-order valence-corrected chi connectivity index (χ4v) is 3.93. The maximum absolute atomic E-state index is 15.0. The van der Waals surface area contributed by atoms with Gasteiger partial charge in [0, 0.05) is 11.2 Å². The largest absolute Gasteiger partial charge is 0.478 e. The zero-order valence-electron chi connectivity index (χ0n) is 21.4. The minimum Gasteiger partial charge on any atom is -0.478 e. The molecule has 1 atom stereocenters. The Morgan fingerprint density at radius 1 is 0.542 bits per heavy atom. The van der Waals surface area contributed by atoms with Crippen molar-refractivity contribution in [2.45, 2.75) is 77.9 Å². The Labute approximate surface area is 246 Å². The van der Waals surface area contributed by atoms with Crippen LogP contribution in [0.5, 0.6) is 0 Å². The average Bonchev–Trinajstić information content (AvgIpc) is 2.88. The maximum Gasteiger partial charge on any atom is 0.460 e. The summed E-state index contributed by atoms with van der Waals surface area (Å²) in [5, 5.41) is 4.91. The normalized spacial score (nSPS) is 17.1. The zero-order valence-corrected chi connectivity index (χ0v) is 22.3. The summed E-state index contributed by atoms with van der Waals surface area (Å²) >= 11 is 0. The van der Waals surface area contributed by atoms with E-state index in [2.05, 4.69) is 0 Å². The van der Waals surface area contributed by atoms with Crippen LogP contribution in [0.2, 0.25) is 0 Å². The summed E-state index contributed by atoms with van der Waals surface area (Å²) in [7, 11) is -9.43. The van der Waals surface area contributed by atoms with E-state index in [1.54, 1.807) is 0 Å². The van der Waals surface area contributed by atoms with Gasteiger partial charge >= 0.3 is 86.6 Å². The van der Waals surface area contributed by atoms with Crippen LogP contribution in [0, 0.1) is 0 Å². The van der Waals surface area contributed by atoms with Gasteiger partial charge in [0.15, 0.2) is 0 Å². The molecule has 0 amide bonds. The molecule has 2 N–H and O–H groups in total. The molecule has 0 aliphatic heterocycles. The molecular formula is C16H9F23N2O6S.